The Morgan fingerprint density at radius 2 is 1.05 bits per heavy atom. The molecule has 0 N–H and O–H groups in total. The second-order valence-electron chi connectivity index (χ2n) is 7.51. The highest BCUT2D eigenvalue weighted by atomic mass is 32.2. The number of carbonyl (C=O) groups excluding carboxylic acids is 2. The third-order valence-electron chi connectivity index (χ3n) is 4.67. The van der Waals surface area contributed by atoms with Crippen molar-refractivity contribution in [3.63, 3.8) is 0 Å². The molecule has 9 heteroatoms. The minimum absolute atomic E-state index is 0.329. The summed E-state index contributed by atoms with van der Waals surface area (Å²) in [6, 6.07) is 16.6. The fraction of sp³-hybridized carbons (Fsp3) is 0.357. The van der Waals surface area contributed by atoms with Crippen LogP contribution in [0.5, 0.6) is 0 Å². The first kappa shape index (κ1) is 31.1. The van der Waals surface area contributed by atoms with Crippen molar-refractivity contribution in [1.82, 2.24) is 0 Å². The molecule has 0 aliphatic carbocycles. The minimum atomic E-state index is -0.442. The smallest absolute Gasteiger partial charge is 0.330 e. The molecule has 0 aliphatic rings. The second kappa shape index (κ2) is 18.1. The van der Waals surface area contributed by atoms with Gasteiger partial charge in [0.2, 0.25) is 0 Å². The number of esters is 2. The molecule has 6 nitrogen and oxygen atoms in total. The van der Waals surface area contributed by atoms with E-state index in [9.17, 15) is 9.59 Å². The van der Waals surface area contributed by atoms with E-state index < -0.39 is 11.9 Å². The number of hydrogen-bond acceptors (Lipinski definition) is 9. The molecule has 200 valence electrons. The fourth-order valence-corrected chi connectivity index (χ4v) is 5.44. The van der Waals surface area contributed by atoms with Gasteiger partial charge in [0.1, 0.15) is 12.2 Å². The number of rotatable bonds is 18. The van der Waals surface area contributed by atoms with Gasteiger partial charge in [-0.2, -0.15) is 0 Å². The predicted molar refractivity (Wildman–Crippen MR) is 152 cm³/mol. The first-order chi connectivity index (χ1) is 18.0. The van der Waals surface area contributed by atoms with Crippen molar-refractivity contribution in [2.75, 3.05) is 37.9 Å². The van der Waals surface area contributed by atoms with Crippen LogP contribution in [0.25, 0.3) is 0 Å². The molecule has 0 aromatic heterocycles. The summed E-state index contributed by atoms with van der Waals surface area (Å²) in [4.78, 5) is 27.5. The lowest BCUT2D eigenvalue weighted by Crippen LogP contribution is -2.25. The summed E-state index contributed by atoms with van der Waals surface area (Å²) in [5, 5.41) is 0. The van der Waals surface area contributed by atoms with Gasteiger partial charge in [-0.1, -0.05) is 24.9 Å². The molecule has 2 aromatic carbocycles. The highest BCUT2D eigenvalue weighted by Gasteiger charge is 2.15. The van der Waals surface area contributed by atoms with Gasteiger partial charge in [-0.25, -0.2) is 9.59 Å². The van der Waals surface area contributed by atoms with Crippen LogP contribution in [-0.2, 0) is 28.5 Å². The highest BCUT2D eigenvalue weighted by Crippen LogP contribution is 2.31. The molecule has 0 bridgehead atoms. The Morgan fingerprint density at radius 3 is 1.38 bits per heavy atom. The van der Waals surface area contributed by atoms with Crippen molar-refractivity contribution in [2.24, 2.45) is 0 Å². The van der Waals surface area contributed by atoms with Crippen molar-refractivity contribution in [3.8, 4) is 0 Å². The zero-order chi connectivity index (χ0) is 26.9. The van der Waals surface area contributed by atoms with Gasteiger partial charge in [-0.3, -0.25) is 0 Å². The molecule has 0 radical (unpaired) electrons. The Morgan fingerprint density at radius 1 is 0.703 bits per heavy atom. The van der Waals surface area contributed by atoms with Crippen molar-refractivity contribution in [3.05, 3.63) is 73.8 Å². The Kier molecular flexibility index (Phi) is 15.2. The largest absolute Gasteiger partial charge is 0.456 e. The number of benzene rings is 2. The Balaban J connectivity index is 1.86. The lowest BCUT2D eigenvalue weighted by atomic mass is 10.4. The second-order valence-corrected chi connectivity index (χ2v) is 10.8. The SMILES string of the molecule is C=CC(=O)OC(COCC)CSc1ccc(Sc2ccc(SCC(COCC)OC(=O)C=C)cc2)cc1. The molecule has 0 saturated carbocycles. The third-order valence-corrected chi connectivity index (χ3v) is 7.97. The van der Waals surface area contributed by atoms with Crippen LogP contribution in [-0.4, -0.2) is 62.1 Å². The van der Waals surface area contributed by atoms with E-state index in [2.05, 4.69) is 61.7 Å². The molecule has 0 amide bonds. The van der Waals surface area contributed by atoms with Gasteiger partial charge >= 0.3 is 11.9 Å². The Labute approximate surface area is 232 Å². The van der Waals surface area contributed by atoms with Crippen LogP contribution in [0.4, 0.5) is 0 Å². The predicted octanol–water partition coefficient (Wildman–Crippen LogP) is 6.29. The van der Waals surface area contributed by atoms with Gasteiger partial charge in [-0.15, -0.1) is 23.5 Å². The topological polar surface area (TPSA) is 71.1 Å². The van der Waals surface area contributed by atoms with Gasteiger partial charge in [0.05, 0.1) is 13.2 Å². The number of hydrogen-bond donors (Lipinski definition) is 0. The third kappa shape index (κ3) is 12.8. The van der Waals surface area contributed by atoms with E-state index in [1.807, 2.05) is 13.8 Å². The van der Waals surface area contributed by atoms with Crippen molar-refractivity contribution >= 4 is 47.2 Å². The van der Waals surface area contributed by atoms with E-state index in [0.29, 0.717) is 37.9 Å². The van der Waals surface area contributed by atoms with Crippen LogP contribution in [0.2, 0.25) is 0 Å². The van der Waals surface area contributed by atoms with Crippen LogP contribution in [0.1, 0.15) is 13.8 Å². The summed E-state index contributed by atoms with van der Waals surface area (Å²) in [5.41, 5.74) is 0. The van der Waals surface area contributed by atoms with Gasteiger partial charge < -0.3 is 18.9 Å². The average Bonchev–Trinajstić information content (AvgIpc) is 2.92. The minimum Gasteiger partial charge on any atom is -0.456 e. The zero-order valence-electron chi connectivity index (χ0n) is 21.3. The number of thioether (sulfide) groups is 2. The Bertz CT molecular complexity index is 899. The summed E-state index contributed by atoms with van der Waals surface area (Å²) in [6.07, 6.45) is 1.68. The summed E-state index contributed by atoms with van der Waals surface area (Å²) >= 11 is 4.91. The fourth-order valence-electron chi connectivity index (χ4n) is 2.88. The van der Waals surface area contributed by atoms with Crippen LogP contribution in [0.3, 0.4) is 0 Å². The summed E-state index contributed by atoms with van der Waals surface area (Å²) in [7, 11) is 0. The molecule has 2 aromatic rings. The van der Waals surface area contributed by atoms with E-state index in [0.717, 1.165) is 19.6 Å². The van der Waals surface area contributed by atoms with Crippen LogP contribution >= 0.6 is 35.3 Å². The van der Waals surface area contributed by atoms with Crippen LogP contribution in [0, 0.1) is 0 Å². The zero-order valence-corrected chi connectivity index (χ0v) is 23.7. The van der Waals surface area contributed by atoms with E-state index in [1.54, 1.807) is 35.3 Å². The maximum atomic E-state index is 11.6. The molecular formula is C28H34O6S3. The lowest BCUT2D eigenvalue weighted by Gasteiger charge is -2.16. The molecule has 0 spiro atoms. The van der Waals surface area contributed by atoms with Crippen LogP contribution < -0.4 is 0 Å². The standard InChI is InChI=1S/C28H34O6S3/c1-5-27(29)33-21(17-31-7-3)19-35-23-9-13-25(14-10-23)37-26-15-11-24(12-16-26)36-20-22(18-32-8-4)34-28(30)6-2/h5-6,9-16,21-22H,1-2,7-8,17-20H2,3-4H3. The molecule has 37 heavy (non-hydrogen) atoms. The normalized spacial score (nSPS) is 12.4. The summed E-state index contributed by atoms with van der Waals surface area (Å²) < 4.78 is 21.6. The number of carbonyl (C=O) groups is 2. The highest BCUT2D eigenvalue weighted by molar-refractivity contribution is 8.00. The molecular weight excluding hydrogens is 529 g/mol. The van der Waals surface area contributed by atoms with E-state index in [-0.39, 0.29) is 12.2 Å². The maximum Gasteiger partial charge on any atom is 0.330 e. The van der Waals surface area contributed by atoms with Crippen molar-refractivity contribution in [1.29, 1.82) is 0 Å². The van der Waals surface area contributed by atoms with Gasteiger partial charge in [-0.05, 0) is 62.4 Å². The first-order valence-corrected chi connectivity index (χ1v) is 14.7. The monoisotopic (exact) mass is 562 g/mol. The summed E-state index contributed by atoms with van der Waals surface area (Å²) in [6.45, 7) is 12.6. The van der Waals surface area contributed by atoms with E-state index >= 15 is 0 Å². The molecule has 2 atom stereocenters. The average molecular weight is 563 g/mol. The Hall–Kier alpha value is -2.17. The maximum absolute atomic E-state index is 11.6. The van der Waals surface area contributed by atoms with E-state index in [1.165, 1.54) is 12.2 Å². The lowest BCUT2D eigenvalue weighted by molar-refractivity contribution is -0.145. The molecule has 2 rings (SSSR count). The van der Waals surface area contributed by atoms with Crippen molar-refractivity contribution in [2.45, 2.75) is 45.6 Å². The quantitative estimate of drug-likeness (QED) is 0.118. The molecule has 2 unspecified atom stereocenters. The van der Waals surface area contributed by atoms with Gasteiger partial charge in [0.15, 0.2) is 0 Å². The van der Waals surface area contributed by atoms with Gasteiger partial charge in [0, 0.05) is 56.5 Å². The van der Waals surface area contributed by atoms with Gasteiger partial charge in [0.25, 0.3) is 0 Å². The van der Waals surface area contributed by atoms with Crippen molar-refractivity contribution < 1.29 is 28.5 Å². The molecule has 0 heterocycles. The first-order valence-electron chi connectivity index (χ1n) is 11.9. The summed E-state index contributed by atoms with van der Waals surface area (Å²) in [5.74, 6) is 0.318. The molecule has 0 fully saturated rings. The molecule has 0 saturated heterocycles. The number of ether oxygens (including phenoxy) is 4. The van der Waals surface area contributed by atoms with Crippen LogP contribution in [0.15, 0.2) is 93.4 Å². The van der Waals surface area contributed by atoms with E-state index in [4.69, 9.17) is 18.9 Å². The molecule has 0 aliphatic heterocycles.